The number of furan rings is 1. The fourth-order valence-electron chi connectivity index (χ4n) is 8.46. The Morgan fingerprint density at radius 3 is 1.79 bits per heavy atom. The molecule has 0 aliphatic carbocycles. The minimum atomic E-state index is 0.565. The van der Waals surface area contributed by atoms with Crippen LogP contribution in [0.2, 0.25) is 0 Å². The van der Waals surface area contributed by atoms with E-state index in [0.29, 0.717) is 17.5 Å². The molecule has 3 aromatic heterocycles. The van der Waals surface area contributed by atoms with Gasteiger partial charge in [0.05, 0.1) is 5.56 Å². The van der Waals surface area contributed by atoms with Gasteiger partial charge in [-0.05, 0) is 74.8 Å². The van der Waals surface area contributed by atoms with Crippen LogP contribution in [0.4, 0.5) is 0 Å². The fourth-order valence-corrected chi connectivity index (χ4v) is 9.63. The highest BCUT2D eigenvalue weighted by molar-refractivity contribution is 7.26. The van der Waals surface area contributed by atoms with Gasteiger partial charge in [-0.2, -0.15) is 0 Å². The van der Waals surface area contributed by atoms with Gasteiger partial charge in [-0.1, -0.05) is 152 Å². The molecule has 0 atom stereocenters. The van der Waals surface area contributed by atoms with E-state index in [1.807, 2.05) is 18.2 Å². The van der Waals surface area contributed by atoms with E-state index in [4.69, 9.17) is 19.4 Å². The first-order chi connectivity index (χ1) is 28.7. The van der Waals surface area contributed by atoms with Gasteiger partial charge < -0.3 is 4.42 Å². The highest BCUT2D eigenvalue weighted by atomic mass is 32.1. The van der Waals surface area contributed by atoms with Crippen molar-refractivity contribution in [1.82, 2.24) is 15.0 Å². The summed E-state index contributed by atoms with van der Waals surface area (Å²) in [5.41, 5.74) is 8.94. The predicted octanol–water partition coefficient (Wildman–Crippen LogP) is 14.8. The molecule has 12 aromatic rings. The van der Waals surface area contributed by atoms with Crippen LogP contribution in [0.3, 0.4) is 0 Å². The largest absolute Gasteiger partial charge is 0.455 e. The van der Waals surface area contributed by atoms with Crippen LogP contribution >= 0.6 is 11.3 Å². The molecule has 0 amide bonds. The van der Waals surface area contributed by atoms with E-state index in [9.17, 15) is 0 Å². The van der Waals surface area contributed by atoms with Crippen LogP contribution in [0.15, 0.2) is 192 Å². The van der Waals surface area contributed by atoms with Crippen molar-refractivity contribution in [1.29, 1.82) is 0 Å². The summed E-state index contributed by atoms with van der Waals surface area (Å²) in [6.45, 7) is 0. The normalized spacial score (nSPS) is 11.8. The Labute approximate surface area is 337 Å². The predicted molar refractivity (Wildman–Crippen MR) is 242 cm³/mol. The lowest BCUT2D eigenvalue weighted by Gasteiger charge is -2.12. The van der Waals surface area contributed by atoms with Crippen LogP contribution in [0.25, 0.3) is 120 Å². The number of fused-ring (bicyclic) bond motifs is 9. The molecule has 12 rings (SSSR count). The van der Waals surface area contributed by atoms with E-state index in [0.717, 1.165) is 65.9 Å². The molecule has 0 saturated heterocycles. The van der Waals surface area contributed by atoms with Crippen molar-refractivity contribution < 1.29 is 4.42 Å². The number of hydrogen-bond donors (Lipinski definition) is 0. The second kappa shape index (κ2) is 13.1. The topological polar surface area (TPSA) is 51.8 Å². The summed E-state index contributed by atoms with van der Waals surface area (Å²) in [6.07, 6.45) is 0. The van der Waals surface area contributed by atoms with Crippen LogP contribution in [-0.2, 0) is 0 Å². The molecule has 270 valence electrons. The quantitative estimate of drug-likeness (QED) is 0.175. The van der Waals surface area contributed by atoms with Crippen LogP contribution in [-0.4, -0.2) is 15.0 Å². The maximum atomic E-state index is 6.80. The molecule has 0 saturated carbocycles. The van der Waals surface area contributed by atoms with Crippen molar-refractivity contribution in [2.24, 2.45) is 0 Å². The third-order valence-electron chi connectivity index (χ3n) is 11.3. The fraction of sp³-hybridized carbons (Fsp3) is 0. The van der Waals surface area contributed by atoms with Crippen LogP contribution < -0.4 is 0 Å². The maximum Gasteiger partial charge on any atom is 0.167 e. The average Bonchev–Trinajstić information content (AvgIpc) is 3.88. The van der Waals surface area contributed by atoms with Gasteiger partial charge in [0, 0.05) is 47.5 Å². The molecule has 58 heavy (non-hydrogen) atoms. The molecule has 0 unspecified atom stereocenters. The summed E-state index contributed by atoms with van der Waals surface area (Å²) >= 11 is 1.80. The molecule has 0 aliphatic rings. The highest BCUT2D eigenvalue weighted by Crippen LogP contribution is 2.44. The maximum absolute atomic E-state index is 6.80. The van der Waals surface area contributed by atoms with E-state index >= 15 is 0 Å². The first-order valence-electron chi connectivity index (χ1n) is 19.4. The molecular formula is C53H31N3OS. The van der Waals surface area contributed by atoms with Gasteiger partial charge in [0.2, 0.25) is 0 Å². The SMILES string of the molecule is c1ccc(-c2nc(-c3cccc4c3oc3c5ccccc5ccc43)nc(-c3cc(-c4ccc(-c5ccc6ccccc6c5)cc4)cc4sc5ccccc5c34)n2)cc1. The van der Waals surface area contributed by atoms with E-state index in [1.54, 1.807) is 11.3 Å². The van der Waals surface area contributed by atoms with Gasteiger partial charge in [0.25, 0.3) is 0 Å². The zero-order chi connectivity index (χ0) is 38.2. The van der Waals surface area contributed by atoms with E-state index in [1.165, 1.54) is 36.7 Å². The first-order valence-corrected chi connectivity index (χ1v) is 20.2. The van der Waals surface area contributed by atoms with Crippen LogP contribution in [0, 0.1) is 0 Å². The van der Waals surface area contributed by atoms with Gasteiger partial charge in [-0.25, -0.2) is 15.0 Å². The second-order valence-electron chi connectivity index (χ2n) is 14.8. The van der Waals surface area contributed by atoms with Crippen molar-refractivity contribution >= 4 is 75.0 Å². The summed E-state index contributed by atoms with van der Waals surface area (Å²) in [5.74, 6) is 1.79. The van der Waals surface area contributed by atoms with E-state index < -0.39 is 0 Å². The Kier molecular flexibility index (Phi) is 7.37. The number of thiophene rings is 1. The summed E-state index contributed by atoms with van der Waals surface area (Å²) in [6, 6.07) is 66.4. The number of nitrogens with zero attached hydrogens (tertiary/aromatic N) is 3. The van der Waals surface area contributed by atoms with Gasteiger partial charge in [-0.3, -0.25) is 0 Å². The molecule has 0 radical (unpaired) electrons. The van der Waals surface area contributed by atoms with Crippen molar-refractivity contribution in [3.8, 4) is 56.4 Å². The highest BCUT2D eigenvalue weighted by Gasteiger charge is 2.21. The van der Waals surface area contributed by atoms with Crippen molar-refractivity contribution in [3.05, 3.63) is 188 Å². The van der Waals surface area contributed by atoms with E-state index in [2.05, 4.69) is 170 Å². The number of rotatable bonds is 5. The first kappa shape index (κ1) is 32.7. The number of hydrogen-bond acceptors (Lipinski definition) is 5. The second-order valence-corrected chi connectivity index (χ2v) is 15.8. The molecule has 0 fully saturated rings. The lowest BCUT2D eigenvalue weighted by atomic mass is 9.96. The molecule has 4 nitrogen and oxygen atoms in total. The summed E-state index contributed by atoms with van der Waals surface area (Å²) in [4.78, 5) is 15.8. The minimum Gasteiger partial charge on any atom is -0.455 e. The van der Waals surface area contributed by atoms with Gasteiger partial charge in [0.15, 0.2) is 17.5 Å². The summed E-state index contributed by atoms with van der Waals surface area (Å²) in [7, 11) is 0. The molecule has 0 aliphatic heterocycles. The lowest BCUT2D eigenvalue weighted by molar-refractivity contribution is 0.673. The monoisotopic (exact) mass is 757 g/mol. The molecule has 0 spiro atoms. The molecular weight excluding hydrogens is 727 g/mol. The Hall–Kier alpha value is -7.47. The molecule has 9 aromatic carbocycles. The Morgan fingerprint density at radius 1 is 0.328 bits per heavy atom. The van der Waals surface area contributed by atoms with Crippen LogP contribution in [0.5, 0.6) is 0 Å². The third-order valence-corrected chi connectivity index (χ3v) is 12.4. The minimum absolute atomic E-state index is 0.565. The Bertz CT molecular complexity index is 3570. The average molecular weight is 758 g/mol. The Balaban J connectivity index is 1.07. The molecule has 5 heteroatoms. The number of benzene rings is 9. The standard InChI is InChI=1S/C53H31N3OS/c1-2-13-36(14-3-1)51-54-52(44-19-10-18-41-42-28-27-35-12-6-7-16-40(35)49(42)57-50(41)44)56-53(55-51)45-30-39(31-47-48(45)43-17-8-9-20-46(43)58-47)34-23-21-33(22-24-34)38-26-25-32-11-4-5-15-37(32)29-38/h1-31H. The lowest BCUT2D eigenvalue weighted by Crippen LogP contribution is -2.01. The van der Waals surface area contributed by atoms with Gasteiger partial charge >= 0.3 is 0 Å². The Morgan fingerprint density at radius 2 is 0.948 bits per heavy atom. The number of aromatic nitrogens is 3. The van der Waals surface area contributed by atoms with Crippen molar-refractivity contribution in [2.75, 3.05) is 0 Å². The summed E-state index contributed by atoms with van der Waals surface area (Å²) < 4.78 is 9.20. The van der Waals surface area contributed by atoms with Crippen molar-refractivity contribution in [3.63, 3.8) is 0 Å². The van der Waals surface area contributed by atoms with Gasteiger partial charge in [0.1, 0.15) is 11.2 Å². The summed E-state index contributed by atoms with van der Waals surface area (Å²) in [5, 5.41) is 9.12. The van der Waals surface area contributed by atoms with Crippen molar-refractivity contribution in [2.45, 2.75) is 0 Å². The zero-order valence-electron chi connectivity index (χ0n) is 31.1. The molecule has 0 bridgehead atoms. The molecule has 0 N–H and O–H groups in total. The molecule has 3 heterocycles. The number of para-hydroxylation sites is 1. The third kappa shape index (κ3) is 5.32. The van der Waals surface area contributed by atoms with Gasteiger partial charge in [-0.15, -0.1) is 11.3 Å². The smallest absolute Gasteiger partial charge is 0.167 e. The van der Waals surface area contributed by atoms with E-state index in [-0.39, 0.29) is 0 Å². The zero-order valence-corrected chi connectivity index (χ0v) is 31.9. The van der Waals surface area contributed by atoms with Crippen LogP contribution in [0.1, 0.15) is 0 Å².